The molecular weight excluding hydrogens is 506 g/mol. The van der Waals surface area contributed by atoms with E-state index in [9.17, 15) is 9.59 Å². The summed E-state index contributed by atoms with van der Waals surface area (Å²) in [7, 11) is 3.10. The fourth-order valence-corrected chi connectivity index (χ4v) is 5.08. The minimum atomic E-state index is -1.08. The lowest BCUT2D eigenvalue weighted by Crippen LogP contribution is -2.50. The van der Waals surface area contributed by atoms with Gasteiger partial charge in [0.05, 0.1) is 25.4 Å². The standard InChI is InChI=1S/C31H37N5O4/c1-19-15-20(2)28(21(3)16-19)36(27(37)18-35-25-12-10-9-11-24(25)33-34-35)29(30(38)32-31(4,5)6)23-17-22(39-7)13-14-26(23)40-8/h9-17,29H,18H2,1-8H3,(H,32,38)/t29-/m0/s1. The van der Waals surface area contributed by atoms with Crippen molar-refractivity contribution >= 4 is 28.5 Å². The Morgan fingerprint density at radius 2 is 1.65 bits per heavy atom. The van der Waals surface area contributed by atoms with Crippen molar-refractivity contribution in [2.45, 2.75) is 59.7 Å². The summed E-state index contributed by atoms with van der Waals surface area (Å²) >= 11 is 0. The number of aryl methyl sites for hydroxylation is 3. The Labute approximate surface area is 235 Å². The van der Waals surface area contributed by atoms with Crippen molar-refractivity contribution in [3.05, 3.63) is 76.9 Å². The lowest BCUT2D eigenvalue weighted by Gasteiger charge is -2.36. The molecule has 2 amide bonds. The van der Waals surface area contributed by atoms with Crippen LogP contribution in [0.3, 0.4) is 0 Å². The highest BCUT2D eigenvalue weighted by molar-refractivity contribution is 6.03. The van der Waals surface area contributed by atoms with Crippen molar-refractivity contribution < 1.29 is 19.1 Å². The maximum absolute atomic E-state index is 14.5. The summed E-state index contributed by atoms with van der Waals surface area (Å²) in [5.74, 6) is 0.317. The van der Waals surface area contributed by atoms with Crippen molar-refractivity contribution in [2.24, 2.45) is 0 Å². The minimum absolute atomic E-state index is 0.126. The van der Waals surface area contributed by atoms with E-state index in [1.54, 1.807) is 42.0 Å². The zero-order valence-electron chi connectivity index (χ0n) is 24.4. The number of benzene rings is 3. The minimum Gasteiger partial charge on any atom is -0.497 e. The van der Waals surface area contributed by atoms with Gasteiger partial charge in [-0.3, -0.25) is 14.5 Å². The van der Waals surface area contributed by atoms with Gasteiger partial charge in [0, 0.05) is 11.1 Å². The van der Waals surface area contributed by atoms with Gasteiger partial charge in [-0.25, -0.2) is 4.68 Å². The largest absolute Gasteiger partial charge is 0.497 e. The van der Waals surface area contributed by atoms with E-state index in [2.05, 4.69) is 15.6 Å². The molecule has 0 fully saturated rings. The SMILES string of the molecule is COc1ccc(OC)c([C@@H](C(=O)NC(C)(C)C)N(C(=O)Cn2nnc3ccccc32)c2c(C)cc(C)cc2C)c1. The van der Waals surface area contributed by atoms with Gasteiger partial charge >= 0.3 is 0 Å². The number of fused-ring (bicyclic) bond motifs is 1. The van der Waals surface area contributed by atoms with E-state index in [-0.39, 0.29) is 18.4 Å². The molecule has 1 N–H and O–H groups in total. The molecule has 0 aliphatic carbocycles. The number of anilines is 1. The molecule has 0 aliphatic heterocycles. The number of hydrogen-bond donors (Lipinski definition) is 1. The molecule has 210 valence electrons. The van der Waals surface area contributed by atoms with E-state index < -0.39 is 11.6 Å². The molecule has 0 unspecified atom stereocenters. The lowest BCUT2D eigenvalue weighted by atomic mass is 9.96. The Bertz CT molecular complexity index is 1530. The molecule has 0 spiro atoms. The van der Waals surface area contributed by atoms with Crippen LogP contribution in [0.1, 0.15) is 49.1 Å². The normalized spacial score (nSPS) is 12.2. The average Bonchev–Trinajstić information content (AvgIpc) is 3.29. The maximum atomic E-state index is 14.5. The van der Waals surface area contributed by atoms with Gasteiger partial charge < -0.3 is 14.8 Å². The van der Waals surface area contributed by atoms with Gasteiger partial charge in [0.2, 0.25) is 11.8 Å². The number of carbonyl (C=O) groups is 2. The van der Waals surface area contributed by atoms with Crippen LogP contribution in [-0.2, 0) is 16.1 Å². The number of ether oxygens (including phenoxy) is 2. The predicted molar refractivity (Wildman–Crippen MR) is 156 cm³/mol. The summed E-state index contributed by atoms with van der Waals surface area (Å²) in [6.07, 6.45) is 0. The quantitative estimate of drug-likeness (QED) is 0.334. The highest BCUT2D eigenvalue weighted by Gasteiger charge is 2.38. The Balaban J connectivity index is 1.97. The molecule has 0 bridgehead atoms. The Morgan fingerprint density at radius 3 is 2.27 bits per heavy atom. The summed E-state index contributed by atoms with van der Waals surface area (Å²) in [5.41, 5.74) is 4.79. The number of aromatic nitrogens is 3. The molecule has 3 aromatic carbocycles. The Hall–Kier alpha value is -4.40. The zero-order chi connectivity index (χ0) is 29.2. The predicted octanol–water partition coefficient (Wildman–Crippen LogP) is 5.06. The molecule has 1 atom stereocenters. The van der Waals surface area contributed by atoms with Gasteiger partial charge in [0.25, 0.3) is 0 Å². The van der Waals surface area contributed by atoms with Crippen molar-refractivity contribution in [3.8, 4) is 11.5 Å². The second kappa shape index (κ2) is 11.4. The Morgan fingerprint density at radius 1 is 0.975 bits per heavy atom. The van der Waals surface area contributed by atoms with E-state index in [1.807, 2.05) is 77.9 Å². The lowest BCUT2D eigenvalue weighted by molar-refractivity contribution is -0.128. The van der Waals surface area contributed by atoms with Gasteiger partial charge in [-0.15, -0.1) is 5.10 Å². The van der Waals surface area contributed by atoms with Gasteiger partial charge in [0.15, 0.2) is 0 Å². The van der Waals surface area contributed by atoms with Crippen LogP contribution in [0.25, 0.3) is 11.0 Å². The smallest absolute Gasteiger partial charge is 0.249 e. The number of hydrogen-bond acceptors (Lipinski definition) is 6. The average molecular weight is 544 g/mol. The van der Waals surface area contributed by atoms with Gasteiger partial charge in [-0.05, 0) is 83.0 Å². The molecule has 1 heterocycles. The van der Waals surface area contributed by atoms with Gasteiger partial charge in [0.1, 0.15) is 29.6 Å². The molecule has 0 saturated heterocycles. The zero-order valence-corrected chi connectivity index (χ0v) is 24.4. The molecule has 1 aromatic heterocycles. The molecular formula is C31H37N5O4. The van der Waals surface area contributed by atoms with Crippen LogP contribution < -0.4 is 19.7 Å². The number of nitrogens with zero attached hydrogens (tertiary/aromatic N) is 4. The van der Waals surface area contributed by atoms with Crippen LogP contribution in [0.4, 0.5) is 5.69 Å². The first-order valence-electron chi connectivity index (χ1n) is 13.2. The second-order valence-corrected chi connectivity index (χ2v) is 11.0. The van der Waals surface area contributed by atoms with Gasteiger partial charge in [-0.2, -0.15) is 0 Å². The van der Waals surface area contributed by atoms with E-state index in [4.69, 9.17) is 9.47 Å². The molecule has 0 saturated carbocycles. The van der Waals surface area contributed by atoms with Crippen molar-refractivity contribution in [2.75, 3.05) is 19.1 Å². The first-order valence-corrected chi connectivity index (χ1v) is 13.2. The Kier molecular flexibility index (Phi) is 8.13. The first-order chi connectivity index (χ1) is 18.9. The molecule has 0 radical (unpaired) electrons. The van der Waals surface area contributed by atoms with Crippen LogP contribution in [0.5, 0.6) is 11.5 Å². The highest BCUT2D eigenvalue weighted by atomic mass is 16.5. The van der Waals surface area contributed by atoms with E-state index in [0.717, 1.165) is 22.2 Å². The van der Waals surface area contributed by atoms with Crippen LogP contribution in [0.2, 0.25) is 0 Å². The number of carbonyl (C=O) groups excluding carboxylic acids is 2. The topological polar surface area (TPSA) is 98.6 Å². The summed E-state index contributed by atoms with van der Waals surface area (Å²) < 4.78 is 12.8. The summed E-state index contributed by atoms with van der Waals surface area (Å²) in [6.45, 7) is 11.5. The third-order valence-corrected chi connectivity index (χ3v) is 6.59. The van der Waals surface area contributed by atoms with Crippen molar-refractivity contribution in [1.29, 1.82) is 0 Å². The number of rotatable bonds is 8. The van der Waals surface area contributed by atoms with Crippen molar-refractivity contribution in [1.82, 2.24) is 20.3 Å². The fourth-order valence-electron chi connectivity index (χ4n) is 5.08. The van der Waals surface area contributed by atoms with E-state index in [1.165, 1.54) is 0 Å². The second-order valence-electron chi connectivity index (χ2n) is 11.0. The third-order valence-electron chi connectivity index (χ3n) is 6.59. The van der Waals surface area contributed by atoms with E-state index >= 15 is 0 Å². The van der Waals surface area contributed by atoms with E-state index in [0.29, 0.717) is 28.3 Å². The monoisotopic (exact) mass is 543 g/mol. The number of methoxy groups -OCH3 is 2. The number of para-hydroxylation sites is 1. The van der Waals surface area contributed by atoms with Crippen LogP contribution in [0, 0.1) is 20.8 Å². The molecule has 40 heavy (non-hydrogen) atoms. The fraction of sp³-hybridized carbons (Fsp3) is 0.355. The highest BCUT2D eigenvalue weighted by Crippen LogP contribution is 2.39. The summed E-state index contributed by atoms with van der Waals surface area (Å²) in [4.78, 5) is 30.3. The molecule has 4 rings (SSSR count). The maximum Gasteiger partial charge on any atom is 0.249 e. The first kappa shape index (κ1) is 28.6. The van der Waals surface area contributed by atoms with Crippen LogP contribution in [-0.4, -0.2) is 46.6 Å². The number of nitrogens with one attached hydrogen (secondary N) is 1. The molecule has 4 aromatic rings. The molecule has 9 nitrogen and oxygen atoms in total. The number of amides is 2. The molecule has 0 aliphatic rings. The van der Waals surface area contributed by atoms with Crippen LogP contribution in [0.15, 0.2) is 54.6 Å². The van der Waals surface area contributed by atoms with Crippen molar-refractivity contribution in [3.63, 3.8) is 0 Å². The summed E-state index contributed by atoms with van der Waals surface area (Å²) in [5, 5.41) is 11.5. The summed E-state index contributed by atoms with van der Waals surface area (Å²) in [6, 6.07) is 15.6. The van der Waals surface area contributed by atoms with Crippen LogP contribution >= 0.6 is 0 Å². The molecule has 9 heteroatoms. The third kappa shape index (κ3) is 5.93. The van der Waals surface area contributed by atoms with Gasteiger partial charge in [-0.1, -0.05) is 35.0 Å².